The minimum absolute atomic E-state index is 0.111. The number of benzene rings is 1. The molecule has 1 aromatic carbocycles. The van der Waals surface area contributed by atoms with Gasteiger partial charge in [0.15, 0.2) is 0 Å². The third-order valence-electron chi connectivity index (χ3n) is 5.67. The number of hydrogen-bond donors (Lipinski definition) is 0. The highest BCUT2D eigenvalue weighted by molar-refractivity contribution is 5.57. The summed E-state index contributed by atoms with van der Waals surface area (Å²) in [6, 6.07) is 9.40. The Hall–Kier alpha value is -3.27. The van der Waals surface area contributed by atoms with E-state index in [0.717, 1.165) is 22.2 Å². The van der Waals surface area contributed by atoms with E-state index in [1.807, 2.05) is 23.8 Å². The number of likely N-dealkylation sites (N-methyl/N-ethyl adjacent to an activating group) is 1. The molecule has 1 radical (unpaired) electrons. The van der Waals surface area contributed by atoms with E-state index in [9.17, 15) is 18.0 Å². The van der Waals surface area contributed by atoms with Crippen LogP contribution in [0.5, 0.6) is 0 Å². The van der Waals surface area contributed by atoms with Gasteiger partial charge in [-0.25, -0.2) is 9.37 Å². The van der Waals surface area contributed by atoms with Gasteiger partial charge >= 0.3 is 24.4 Å². The molecule has 1 atom stereocenters. The first kappa shape index (κ1) is 19.7. The number of aromatic nitrogens is 2. The molecule has 0 amide bonds. The fourth-order valence-corrected chi connectivity index (χ4v) is 4.06. The van der Waals surface area contributed by atoms with Gasteiger partial charge in [0, 0.05) is 18.3 Å². The molecular formula is C21H18F3N5O2+. The van der Waals surface area contributed by atoms with E-state index in [0.29, 0.717) is 18.9 Å². The molecule has 3 aromatic rings. The van der Waals surface area contributed by atoms with Crippen molar-refractivity contribution in [2.24, 2.45) is 16.1 Å². The fourth-order valence-electron chi connectivity index (χ4n) is 4.06. The molecular weight excluding hydrogens is 411 g/mol. The summed E-state index contributed by atoms with van der Waals surface area (Å²) in [5.74, 6) is 0.0829. The predicted molar refractivity (Wildman–Crippen MR) is 105 cm³/mol. The molecule has 0 aliphatic carbocycles. The number of fused-ring (bicyclic) bond motifs is 1. The number of nitrogens with zero attached hydrogens (tertiary/aromatic N) is 5. The van der Waals surface area contributed by atoms with Crippen LogP contribution < -0.4 is 5.69 Å². The molecule has 1 fully saturated rings. The van der Waals surface area contributed by atoms with Crippen molar-refractivity contribution in [3.05, 3.63) is 76.6 Å². The van der Waals surface area contributed by atoms with E-state index < -0.39 is 17.4 Å². The van der Waals surface area contributed by atoms with Crippen molar-refractivity contribution in [1.82, 2.24) is 8.97 Å². The zero-order chi connectivity index (χ0) is 21.8. The van der Waals surface area contributed by atoms with Crippen LogP contribution in [0.3, 0.4) is 0 Å². The summed E-state index contributed by atoms with van der Waals surface area (Å²) in [5, 5.41) is 8.22. The Bertz CT molecular complexity index is 1270. The van der Waals surface area contributed by atoms with Gasteiger partial charge in [-0.2, -0.15) is 13.2 Å². The lowest BCUT2D eigenvalue weighted by molar-refractivity contribution is -0.481. The summed E-state index contributed by atoms with van der Waals surface area (Å²) < 4.78 is 49.7. The van der Waals surface area contributed by atoms with Gasteiger partial charge in [-0.1, -0.05) is 12.1 Å². The van der Waals surface area contributed by atoms with Crippen LogP contribution in [0.15, 0.2) is 63.8 Å². The molecule has 5 rings (SSSR count). The lowest BCUT2D eigenvalue weighted by Gasteiger charge is -2.34. The van der Waals surface area contributed by atoms with Gasteiger partial charge in [0.2, 0.25) is 0 Å². The van der Waals surface area contributed by atoms with Crippen LogP contribution in [-0.4, -0.2) is 40.1 Å². The van der Waals surface area contributed by atoms with Crippen molar-refractivity contribution >= 4 is 11.9 Å². The van der Waals surface area contributed by atoms with Gasteiger partial charge < -0.3 is 4.74 Å². The number of azo groups is 1. The maximum Gasteiger partial charge on any atom is 0.418 e. The van der Waals surface area contributed by atoms with Crippen molar-refractivity contribution in [2.45, 2.75) is 12.1 Å². The van der Waals surface area contributed by atoms with E-state index in [1.165, 1.54) is 23.0 Å². The lowest BCUT2D eigenvalue weighted by Crippen LogP contribution is -2.37. The van der Waals surface area contributed by atoms with Crippen molar-refractivity contribution < 1.29 is 22.5 Å². The minimum atomic E-state index is -4.56. The largest absolute Gasteiger partial charge is 0.418 e. The molecule has 2 aliphatic heterocycles. The topological polar surface area (TPSA) is 63.4 Å². The van der Waals surface area contributed by atoms with Crippen LogP contribution in [0, 0.1) is 12.1 Å². The van der Waals surface area contributed by atoms with Crippen molar-refractivity contribution in [2.75, 3.05) is 20.3 Å². The fraction of sp³-hybridized carbons (Fsp3) is 0.286. The standard InChI is InChI=1S/C21H18F3N5O2/c1-27-12-25-26-19(27)18(14-10-31-11-14)13-4-2-5-15(8-13)29-9-17-16(21(22,23)24)6-3-7-28(17)20(29)30/h2-9,12,14,18H,10-11H2,1H3/q+1. The molecule has 0 bridgehead atoms. The Balaban J connectivity index is 1.61. The van der Waals surface area contributed by atoms with Crippen LogP contribution in [0.1, 0.15) is 17.0 Å². The number of pyridine rings is 1. The molecule has 7 nitrogen and oxygen atoms in total. The molecule has 10 heteroatoms. The summed E-state index contributed by atoms with van der Waals surface area (Å²) >= 11 is 0. The number of halogens is 3. The van der Waals surface area contributed by atoms with Gasteiger partial charge in [-0.15, -0.1) is 0 Å². The van der Waals surface area contributed by atoms with Gasteiger partial charge in [0.25, 0.3) is 0 Å². The summed E-state index contributed by atoms with van der Waals surface area (Å²) in [4.78, 5) is 12.9. The Morgan fingerprint density at radius 2 is 2.03 bits per heavy atom. The summed E-state index contributed by atoms with van der Waals surface area (Å²) in [5.41, 5.74) is -0.250. The first-order valence-corrected chi connectivity index (χ1v) is 9.66. The van der Waals surface area contributed by atoms with Crippen LogP contribution in [-0.2, 0) is 10.9 Å². The van der Waals surface area contributed by atoms with E-state index >= 15 is 0 Å². The monoisotopic (exact) mass is 429 g/mol. The molecule has 1 unspecified atom stereocenters. The molecule has 0 saturated carbocycles. The highest BCUT2D eigenvalue weighted by atomic mass is 19.4. The van der Waals surface area contributed by atoms with Gasteiger partial charge in [0.1, 0.15) is 0 Å². The maximum absolute atomic E-state index is 13.4. The number of imidazole rings is 1. The Morgan fingerprint density at radius 1 is 1.23 bits per heavy atom. The lowest BCUT2D eigenvalue weighted by atomic mass is 9.82. The average molecular weight is 429 g/mol. The van der Waals surface area contributed by atoms with Crippen molar-refractivity contribution in [3.8, 4) is 5.69 Å². The summed E-state index contributed by atoms with van der Waals surface area (Å²) in [6.45, 7) is 1.15. The number of alkyl halides is 3. The van der Waals surface area contributed by atoms with Crippen LogP contribution in [0.2, 0.25) is 0 Å². The summed E-state index contributed by atoms with van der Waals surface area (Å²) in [7, 11) is 1.86. The highest BCUT2D eigenvalue weighted by Crippen LogP contribution is 2.40. The van der Waals surface area contributed by atoms with Gasteiger partial charge in [-0.3, -0.25) is 8.97 Å². The van der Waals surface area contributed by atoms with E-state index in [1.54, 1.807) is 18.5 Å². The van der Waals surface area contributed by atoms with Crippen molar-refractivity contribution in [1.29, 1.82) is 0 Å². The zero-order valence-corrected chi connectivity index (χ0v) is 16.5. The molecule has 1 saturated heterocycles. The molecule has 159 valence electrons. The first-order valence-electron chi connectivity index (χ1n) is 9.66. The molecule has 0 spiro atoms. The SMILES string of the molecule is C[N+]1=CN=N[C]1C(c1cccc(-n2cc3c(C(F)(F)F)cccn3c2=O)c1)C1COC1. The van der Waals surface area contributed by atoms with Gasteiger partial charge in [-0.05, 0) is 34.9 Å². The number of ether oxygens (including phenoxy) is 1. The number of rotatable bonds is 4. The van der Waals surface area contributed by atoms with Crippen LogP contribution in [0.25, 0.3) is 11.2 Å². The third kappa shape index (κ3) is 3.27. The van der Waals surface area contributed by atoms with Crippen LogP contribution >= 0.6 is 0 Å². The molecule has 31 heavy (non-hydrogen) atoms. The Labute approximate surface area is 174 Å². The zero-order valence-electron chi connectivity index (χ0n) is 16.5. The number of hydrogen-bond acceptors (Lipinski definition) is 4. The second kappa shape index (κ2) is 7.16. The minimum Gasteiger partial charge on any atom is -0.381 e. The Morgan fingerprint density at radius 3 is 2.68 bits per heavy atom. The molecule has 0 N–H and O–H groups in total. The smallest absolute Gasteiger partial charge is 0.381 e. The predicted octanol–water partition coefficient (Wildman–Crippen LogP) is 3.46. The summed E-state index contributed by atoms with van der Waals surface area (Å²) in [6.07, 6.45) is 0.386. The first-order chi connectivity index (χ1) is 14.8. The molecule has 4 heterocycles. The van der Waals surface area contributed by atoms with Crippen LogP contribution in [0.4, 0.5) is 13.2 Å². The van der Waals surface area contributed by atoms with E-state index in [-0.39, 0.29) is 17.4 Å². The molecule has 2 aliphatic rings. The van der Waals surface area contributed by atoms with E-state index in [2.05, 4.69) is 10.2 Å². The highest BCUT2D eigenvalue weighted by Gasteiger charge is 2.43. The third-order valence-corrected chi connectivity index (χ3v) is 5.67. The normalized spacial score (nSPS) is 18.4. The Kier molecular flexibility index (Phi) is 4.54. The van der Waals surface area contributed by atoms with Gasteiger partial charge in [0.05, 0.1) is 48.1 Å². The second-order valence-electron chi connectivity index (χ2n) is 7.63. The average Bonchev–Trinajstić information content (AvgIpc) is 3.27. The molecule has 2 aromatic heterocycles. The second-order valence-corrected chi connectivity index (χ2v) is 7.63. The quantitative estimate of drug-likeness (QED) is 0.597. The van der Waals surface area contributed by atoms with E-state index in [4.69, 9.17) is 4.74 Å². The maximum atomic E-state index is 13.4. The van der Waals surface area contributed by atoms with Crippen molar-refractivity contribution in [3.63, 3.8) is 0 Å².